The Bertz CT molecular complexity index is 1700. The summed E-state index contributed by atoms with van der Waals surface area (Å²) in [5.41, 5.74) is 0.341. The van der Waals surface area contributed by atoms with E-state index in [1.54, 1.807) is 24.3 Å². The molecule has 0 aliphatic rings. The minimum atomic E-state index is -1.07. The topological polar surface area (TPSA) is 136 Å². The number of hydrogen-bond acceptors (Lipinski definition) is 9. The largest absolute Gasteiger partial charge is 0.496 e. The fourth-order valence-electron chi connectivity index (χ4n) is 4.53. The molecule has 2 aromatic heterocycles. The summed E-state index contributed by atoms with van der Waals surface area (Å²) >= 11 is 2.36. The maximum atomic E-state index is 15.6. The van der Waals surface area contributed by atoms with Crippen LogP contribution in [-0.4, -0.2) is 54.5 Å². The molecule has 0 spiro atoms. The molecular weight excluding hydrogens is 599 g/mol. The Hall–Kier alpha value is -4.03. The van der Waals surface area contributed by atoms with Gasteiger partial charge in [0.2, 0.25) is 0 Å². The van der Waals surface area contributed by atoms with E-state index in [0.717, 1.165) is 21.4 Å². The lowest BCUT2D eigenvalue weighted by molar-refractivity contribution is -0.141. The van der Waals surface area contributed by atoms with E-state index in [0.29, 0.717) is 43.7 Å². The molecule has 4 aromatic rings. The van der Waals surface area contributed by atoms with Crippen LogP contribution in [0.25, 0.3) is 20.2 Å². The van der Waals surface area contributed by atoms with E-state index >= 15 is 4.39 Å². The lowest BCUT2D eigenvalue weighted by Gasteiger charge is -2.13. The van der Waals surface area contributed by atoms with Crippen LogP contribution in [0.1, 0.15) is 58.0 Å². The first-order valence-electron chi connectivity index (χ1n) is 13.5. The van der Waals surface area contributed by atoms with Crippen molar-refractivity contribution in [2.45, 2.75) is 39.5 Å². The zero-order valence-corrected chi connectivity index (χ0v) is 25.7. The van der Waals surface area contributed by atoms with Crippen molar-refractivity contribution in [2.75, 3.05) is 20.8 Å². The van der Waals surface area contributed by atoms with Crippen LogP contribution in [0.5, 0.6) is 17.2 Å². The van der Waals surface area contributed by atoms with Gasteiger partial charge >= 0.3 is 11.9 Å². The third kappa shape index (κ3) is 7.14. The second kappa shape index (κ2) is 13.5. The number of carbonyl (C=O) groups is 4. The van der Waals surface area contributed by atoms with Crippen LogP contribution in [0.15, 0.2) is 30.3 Å². The number of halogens is 1. The summed E-state index contributed by atoms with van der Waals surface area (Å²) in [6, 6.07) is 8.37. The summed E-state index contributed by atoms with van der Waals surface area (Å²) < 4.78 is 33.8. The fraction of sp³-hybridized carbons (Fsp3) is 0.355. The van der Waals surface area contributed by atoms with Crippen LogP contribution in [0, 0.1) is 17.7 Å². The molecule has 2 atom stereocenters. The number of rotatable bonds is 15. The second-order valence-corrected chi connectivity index (χ2v) is 12.4. The highest BCUT2D eigenvalue weighted by atomic mass is 32.1. The van der Waals surface area contributed by atoms with Gasteiger partial charge in [-0.15, -0.1) is 22.7 Å². The Morgan fingerprint density at radius 2 is 1.35 bits per heavy atom. The third-order valence-electron chi connectivity index (χ3n) is 7.05. The first-order chi connectivity index (χ1) is 20.4. The fourth-order valence-corrected chi connectivity index (χ4v) is 6.59. The predicted molar refractivity (Wildman–Crippen MR) is 162 cm³/mol. The first kappa shape index (κ1) is 31.9. The molecule has 43 heavy (non-hydrogen) atoms. The molecule has 0 aliphatic carbocycles. The van der Waals surface area contributed by atoms with Crippen molar-refractivity contribution in [3.63, 3.8) is 0 Å². The van der Waals surface area contributed by atoms with Crippen LogP contribution < -0.4 is 14.2 Å². The molecule has 12 heteroatoms. The van der Waals surface area contributed by atoms with Crippen molar-refractivity contribution in [1.29, 1.82) is 0 Å². The Balaban J connectivity index is 1.47. The van der Waals surface area contributed by atoms with E-state index in [4.69, 9.17) is 24.4 Å². The molecule has 4 rings (SSSR count). The molecule has 2 heterocycles. The monoisotopic (exact) mass is 630 g/mol. The van der Waals surface area contributed by atoms with E-state index in [-0.39, 0.29) is 42.8 Å². The van der Waals surface area contributed by atoms with Crippen molar-refractivity contribution >= 4 is 66.4 Å². The summed E-state index contributed by atoms with van der Waals surface area (Å²) in [6.07, 6.45) is 0.435. The van der Waals surface area contributed by atoms with Crippen molar-refractivity contribution < 1.29 is 48.0 Å². The number of ether oxygens (including phenoxy) is 3. The lowest BCUT2D eigenvalue weighted by atomic mass is 10.0. The number of aliphatic carboxylic acids is 2. The van der Waals surface area contributed by atoms with E-state index in [1.165, 1.54) is 45.5 Å². The third-order valence-corrected chi connectivity index (χ3v) is 9.31. The van der Waals surface area contributed by atoms with Gasteiger partial charge in [-0.3, -0.25) is 19.2 Å². The molecule has 0 unspecified atom stereocenters. The molecule has 0 amide bonds. The summed E-state index contributed by atoms with van der Waals surface area (Å²) in [4.78, 5) is 48.2. The van der Waals surface area contributed by atoms with Gasteiger partial charge in [0.05, 0.1) is 42.4 Å². The number of carbonyl (C=O) groups excluding carboxylic acids is 2. The normalized spacial score (nSPS) is 12.7. The van der Waals surface area contributed by atoms with Crippen molar-refractivity contribution in [3.8, 4) is 17.2 Å². The van der Waals surface area contributed by atoms with Gasteiger partial charge in [-0.05, 0) is 42.5 Å². The number of methoxy groups -OCH3 is 2. The van der Waals surface area contributed by atoms with Crippen molar-refractivity contribution in [1.82, 2.24) is 0 Å². The molecule has 2 N–H and O–H groups in total. The van der Waals surface area contributed by atoms with Crippen LogP contribution in [0.2, 0.25) is 0 Å². The number of fused-ring (bicyclic) bond motifs is 2. The van der Waals surface area contributed by atoms with E-state index < -0.39 is 29.6 Å². The summed E-state index contributed by atoms with van der Waals surface area (Å²) in [6.45, 7) is 3.16. The molecule has 0 fully saturated rings. The number of hydrogen-bond donors (Lipinski definition) is 2. The quantitative estimate of drug-likeness (QED) is 0.106. The summed E-state index contributed by atoms with van der Waals surface area (Å²) in [5.74, 6) is -3.57. The minimum absolute atomic E-state index is 0.0958. The summed E-state index contributed by atoms with van der Waals surface area (Å²) in [7, 11) is 2.94. The predicted octanol–water partition coefficient (Wildman–Crippen LogP) is 6.87. The number of benzene rings is 2. The maximum absolute atomic E-state index is 15.6. The van der Waals surface area contributed by atoms with Gasteiger partial charge in [0.25, 0.3) is 0 Å². The average molecular weight is 631 g/mol. The highest BCUT2D eigenvalue weighted by Gasteiger charge is 2.23. The zero-order valence-electron chi connectivity index (χ0n) is 24.0. The second-order valence-electron chi connectivity index (χ2n) is 10.2. The van der Waals surface area contributed by atoms with Crippen LogP contribution in [-0.2, 0) is 16.0 Å². The minimum Gasteiger partial charge on any atom is -0.496 e. The van der Waals surface area contributed by atoms with E-state index in [2.05, 4.69) is 0 Å². The number of thiophene rings is 2. The lowest BCUT2D eigenvalue weighted by Crippen LogP contribution is -2.13. The van der Waals surface area contributed by atoms with Crippen LogP contribution in [0.3, 0.4) is 0 Å². The number of Topliss-reactive ketones (excluding diaryl/α,β-unsaturated/α-hetero) is 2. The van der Waals surface area contributed by atoms with Crippen molar-refractivity contribution in [3.05, 3.63) is 51.5 Å². The van der Waals surface area contributed by atoms with Crippen LogP contribution in [0.4, 0.5) is 4.39 Å². The van der Waals surface area contributed by atoms with Gasteiger partial charge in [0, 0.05) is 39.3 Å². The van der Waals surface area contributed by atoms with Gasteiger partial charge in [-0.2, -0.15) is 0 Å². The van der Waals surface area contributed by atoms with Crippen molar-refractivity contribution in [2.24, 2.45) is 11.8 Å². The molecule has 0 radical (unpaired) electrons. The Kier molecular flexibility index (Phi) is 10.0. The number of ketones is 2. The van der Waals surface area contributed by atoms with Gasteiger partial charge in [0.1, 0.15) is 11.6 Å². The molecule has 0 bridgehead atoms. The maximum Gasteiger partial charge on any atom is 0.306 e. The highest BCUT2D eigenvalue weighted by molar-refractivity contribution is 7.21. The van der Waals surface area contributed by atoms with E-state index in [1.807, 2.05) is 0 Å². The Morgan fingerprint density at radius 3 is 1.93 bits per heavy atom. The van der Waals surface area contributed by atoms with E-state index in [9.17, 15) is 19.2 Å². The smallest absolute Gasteiger partial charge is 0.306 e. The average Bonchev–Trinajstić information content (AvgIpc) is 3.59. The Labute approximate surface area is 254 Å². The molecular formula is C31H31FO9S2. The van der Waals surface area contributed by atoms with Gasteiger partial charge in [0.15, 0.2) is 23.1 Å². The van der Waals surface area contributed by atoms with Gasteiger partial charge in [-0.25, -0.2) is 4.39 Å². The first-order valence-corrected chi connectivity index (χ1v) is 15.1. The SMILES string of the molecule is COc1cc2sc(C(=O)C[C@H](C)C(=O)O)cc2cc1OCCCc1c(OC)cc2sc(C(=O)C[C@H](C)C(=O)O)cc2c1F. The van der Waals surface area contributed by atoms with Gasteiger partial charge in [-0.1, -0.05) is 13.8 Å². The molecule has 0 saturated carbocycles. The standard InChI is InChI=1S/C31H31FO9S2/c1-15(30(35)36)8-20(33)27-11-17-10-24(23(40-4)14-25(17)42-27)41-7-5-6-18-22(39-3)13-26-19(29(18)32)12-28(43-26)21(34)9-16(2)31(37)38/h10-16H,5-9H2,1-4H3,(H,35,36)(H,37,38)/t15-,16-/m0/s1. The number of carboxylic acids is 2. The molecule has 0 aliphatic heterocycles. The summed E-state index contributed by atoms with van der Waals surface area (Å²) in [5, 5.41) is 19.3. The molecule has 228 valence electrons. The van der Waals surface area contributed by atoms with Crippen LogP contribution >= 0.6 is 22.7 Å². The molecule has 9 nitrogen and oxygen atoms in total. The highest BCUT2D eigenvalue weighted by Crippen LogP contribution is 2.39. The Morgan fingerprint density at radius 1 is 0.791 bits per heavy atom. The molecule has 2 aromatic carbocycles. The number of carboxylic acid groups (broad SMARTS) is 2. The zero-order chi connectivity index (χ0) is 31.4. The molecule has 0 saturated heterocycles. The van der Waals surface area contributed by atoms with Gasteiger partial charge < -0.3 is 24.4 Å².